The van der Waals surface area contributed by atoms with E-state index in [1.807, 2.05) is 6.07 Å². The fourth-order valence-electron chi connectivity index (χ4n) is 9.88. The van der Waals surface area contributed by atoms with Gasteiger partial charge in [-0.1, -0.05) is 34.6 Å². The number of epoxide rings is 1. The van der Waals surface area contributed by atoms with Gasteiger partial charge in [0.05, 0.1) is 18.6 Å². The van der Waals surface area contributed by atoms with Crippen LogP contribution in [0, 0.1) is 33.5 Å². The molecule has 7 heteroatoms. The molecule has 3 aliphatic carbocycles. The molecule has 4 unspecified atom stereocenters. The van der Waals surface area contributed by atoms with Crippen LogP contribution in [-0.2, 0) is 23.8 Å². The second kappa shape index (κ2) is 6.91. The third-order valence-corrected chi connectivity index (χ3v) is 11.5. The number of furan rings is 1. The highest BCUT2D eigenvalue weighted by Crippen LogP contribution is 2.80. The number of cyclic esters (lactones) is 1. The van der Waals surface area contributed by atoms with Crippen LogP contribution in [0.3, 0.4) is 0 Å². The van der Waals surface area contributed by atoms with Gasteiger partial charge in [0.15, 0.2) is 6.10 Å². The van der Waals surface area contributed by atoms with Crippen LogP contribution >= 0.6 is 0 Å². The van der Waals surface area contributed by atoms with Crippen molar-refractivity contribution in [2.45, 2.75) is 104 Å². The molecule has 35 heavy (non-hydrogen) atoms. The van der Waals surface area contributed by atoms with E-state index < -0.39 is 40.8 Å². The molecule has 7 nitrogen and oxygen atoms in total. The first-order valence-corrected chi connectivity index (χ1v) is 13.1. The van der Waals surface area contributed by atoms with Gasteiger partial charge in [0.2, 0.25) is 0 Å². The first kappa shape index (κ1) is 23.5. The Morgan fingerprint density at radius 1 is 1.09 bits per heavy atom. The Morgan fingerprint density at radius 3 is 2.49 bits per heavy atom. The number of ether oxygens (including phenoxy) is 3. The molecule has 192 valence electrons. The molecular formula is C28H38O7. The summed E-state index contributed by atoms with van der Waals surface area (Å²) in [6.07, 6.45) is 5.33. The smallest absolute Gasteiger partial charge is 0.339 e. The molecular weight excluding hydrogens is 448 g/mol. The quantitative estimate of drug-likeness (QED) is 0.483. The van der Waals surface area contributed by atoms with Crippen LogP contribution in [0.2, 0.25) is 0 Å². The minimum Gasteiger partial charge on any atom is -0.472 e. The summed E-state index contributed by atoms with van der Waals surface area (Å²) in [5, 5.41) is 11.0. The first-order valence-electron chi connectivity index (χ1n) is 13.1. The summed E-state index contributed by atoms with van der Waals surface area (Å²) < 4.78 is 24.1. The van der Waals surface area contributed by atoms with Gasteiger partial charge in [-0.15, -0.1) is 0 Å². The van der Waals surface area contributed by atoms with Gasteiger partial charge in [-0.3, -0.25) is 4.79 Å². The van der Waals surface area contributed by atoms with E-state index >= 15 is 0 Å². The predicted molar refractivity (Wildman–Crippen MR) is 125 cm³/mol. The normalized spacial score (nSPS) is 51.7. The van der Waals surface area contributed by atoms with Crippen LogP contribution in [0.25, 0.3) is 0 Å². The molecule has 2 saturated heterocycles. The van der Waals surface area contributed by atoms with E-state index in [2.05, 4.69) is 34.6 Å². The zero-order chi connectivity index (χ0) is 25.2. The molecule has 1 aromatic rings. The lowest BCUT2D eigenvalue weighted by atomic mass is 9.34. The van der Waals surface area contributed by atoms with Crippen LogP contribution in [0.4, 0.5) is 0 Å². The number of esters is 2. The summed E-state index contributed by atoms with van der Waals surface area (Å²) in [6.45, 7) is 12.5. The molecule has 1 N–H and O–H groups in total. The summed E-state index contributed by atoms with van der Waals surface area (Å²) in [6, 6.07) is 1.86. The molecule has 0 amide bonds. The highest BCUT2D eigenvalue weighted by Gasteiger charge is 2.88. The van der Waals surface area contributed by atoms with E-state index in [1.165, 1.54) is 6.92 Å². The number of aliphatic hydroxyl groups is 1. The Hall–Kier alpha value is -1.86. The zero-order valence-electron chi connectivity index (χ0n) is 21.6. The molecule has 6 rings (SSSR count). The Labute approximate surface area is 206 Å². The van der Waals surface area contributed by atoms with Gasteiger partial charge in [-0.25, -0.2) is 4.79 Å². The number of hydrogen-bond donors (Lipinski definition) is 1. The number of fused-ring (bicyclic) bond motifs is 3. The van der Waals surface area contributed by atoms with Gasteiger partial charge in [0.1, 0.15) is 17.8 Å². The van der Waals surface area contributed by atoms with Crippen molar-refractivity contribution in [2.24, 2.45) is 33.5 Å². The molecule has 10 atom stereocenters. The van der Waals surface area contributed by atoms with Gasteiger partial charge in [-0.05, 0) is 60.8 Å². The van der Waals surface area contributed by atoms with Gasteiger partial charge >= 0.3 is 11.9 Å². The number of hydrogen-bond acceptors (Lipinski definition) is 7. The van der Waals surface area contributed by atoms with Crippen LogP contribution in [0.15, 0.2) is 23.0 Å². The van der Waals surface area contributed by atoms with Crippen molar-refractivity contribution in [1.82, 2.24) is 0 Å². The first-order chi connectivity index (χ1) is 16.3. The highest BCUT2D eigenvalue weighted by atomic mass is 16.7. The van der Waals surface area contributed by atoms with Gasteiger partial charge in [0, 0.05) is 23.3 Å². The van der Waals surface area contributed by atoms with E-state index in [4.69, 9.17) is 18.6 Å². The maximum Gasteiger partial charge on any atom is 0.339 e. The van der Waals surface area contributed by atoms with Crippen molar-refractivity contribution in [3.05, 3.63) is 24.2 Å². The molecule has 1 spiro atoms. The number of aliphatic hydroxyl groups excluding tert-OH is 1. The third kappa shape index (κ3) is 2.59. The van der Waals surface area contributed by atoms with E-state index in [9.17, 15) is 14.7 Å². The van der Waals surface area contributed by atoms with Crippen molar-refractivity contribution in [1.29, 1.82) is 0 Å². The highest BCUT2D eigenvalue weighted by molar-refractivity contribution is 5.82. The maximum absolute atomic E-state index is 13.3. The fraction of sp³-hybridized carbons (Fsp3) is 0.786. The average molecular weight is 487 g/mol. The van der Waals surface area contributed by atoms with E-state index in [-0.39, 0.29) is 34.6 Å². The molecule has 5 aliphatic rings. The summed E-state index contributed by atoms with van der Waals surface area (Å²) in [5.41, 5.74) is -1.42. The molecule has 3 saturated carbocycles. The monoisotopic (exact) mass is 486 g/mol. The Kier molecular flexibility index (Phi) is 4.65. The number of carbonyl (C=O) groups is 2. The Balaban J connectivity index is 1.53. The Morgan fingerprint density at radius 2 is 1.83 bits per heavy atom. The summed E-state index contributed by atoms with van der Waals surface area (Å²) in [7, 11) is 0. The summed E-state index contributed by atoms with van der Waals surface area (Å²) in [5.74, 6) is -0.319. The largest absolute Gasteiger partial charge is 0.472 e. The summed E-state index contributed by atoms with van der Waals surface area (Å²) in [4.78, 5) is 25.7. The maximum atomic E-state index is 13.3. The van der Waals surface area contributed by atoms with Gasteiger partial charge < -0.3 is 23.7 Å². The lowest BCUT2D eigenvalue weighted by Crippen LogP contribution is -2.73. The second-order valence-electron chi connectivity index (χ2n) is 13.2. The molecule has 2 aliphatic heterocycles. The van der Waals surface area contributed by atoms with E-state index in [0.29, 0.717) is 6.42 Å². The summed E-state index contributed by atoms with van der Waals surface area (Å²) >= 11 is 0. The van der Waals surface area contributed by atoms with Crippen molar-refractivity contribution >= 4 is 11.9 Å². The van der Waals surface area contributed by atoms with Gasteiger partial charge in [0.25, 0.3) is 0 Å². The molecule has 0 radical (unpaired) electrons. The molecule has 0 bridgehead atoms. The fourth-order valence-corrected chi connectivity index (χ4v) is 9.88. The minimum absolute atomic E-state index is 0.0762. The topological polar surface area (TPSA) is 98.5 Å². The average Bonchev–Trinajstić information content (AvgIpc) is 3.35. The van der Waals surface area contributed by atoms with Gasteiger partial charge in [-0.2, -0.15) is 0 Å². The zero-order valence-corrected chi connectivity index (χ0v) is 21.6. The van der Waals surface area contributed by atoms with Crippen LogP contribution in [0.5, 0.6) is 0 Å². The molecule has 1 aromatic heterocycles. The van der Waals surface area contributed by atoms with Crippen molar-refractivity contribution in [3.8, 4) is 0 Å². The van der Waals surface area contributed by atoms with E-state index in [1.54, 1.807) is 12.5 Å². The van der Waals surface area contributed by atoms with Crippen molar-refractivity contribution < 1.29 is 33.3 Å². The molecule has 5 fully saturated rings. The number of carbonyl (C=O) groups excluding carboxylic acids is 2. The second-order valence-corrected chi connectivity index (χ2v) is 13.2. The van der Waals surface area contributed by atoms with Crippen LogP contribution in [0.1, 0.15) is 85.3 Å². The van der Waals surface area contributed by atoms with Crippen LogP contribution in [-0.4, -0.2) is 41.0 Å². The van der Waals surface area contributed by atoms with Crippen molar-refractivity contribution in [3.63, 3.8) is 0 Å². The molecule has 3 heterocycles. The van der Waals surface area contributed by atoms with Crippen molar-refractivity contribution in [2.75, 3.05) is 0 Å². The lowest BCUT2D eigenvalue weighted by molar-refractivity contribution is -0.275. The minimum atomic E-state index is -0.797. The third-order valence-electron chi connectivity index (χ3n) is 11.5. The van der Waals surface area contributed by atoms with E-state index in [0.717, 1.165) is 31.2 Å². The molecule has 0 aromatic carbocycles. The standard InChI is InChI=1S/C28H38O7/c1-15(29)33-20-13-18-24(2,3)19(30)8-10-25(18,4)17-7-11-26(5)21(16-9-12-32-14-16)34-23(31)22-28(26,35-22)27(17,20)6/h9,12,14,17-22,30H,7-8,10-11,13H2,1-6H3/t17?,18?,19-,20-,21+,22?,25-,26+,27+,28?/m1/s1. The Bertz CT molecular complexity index is 1060. The van der Waals surface area contributed by atoms with Crippen LogP contribution < -0.4 is 0 Å². The number of rotatable bonds is 2. The predicted octanol–water partition coefficient (Wildman–Crippen LogP) is 4.58. The SMILES string of the molecule is CC(=O)O[C@@H]1CC2C(C)(C)[C@H](O)CC[C@]2(C)C2CC[C@@]3(C)[C@H](c4ccoc4)OC(=O)C4OC43[C@@]21C. The lowest BCUT2D eigenvalue weighted by Gasteiger charge is -2.70.